The number of fused-ring (bicyclic) bond motifs is 1. The molecular weight excluding hydrogens is 252 g/mol. The highest BCUT2D eigenvalue weighted by Gasteiger charge is 2.30. The molecule has 108 valence electrons. The minimum atomic E-state index is -0.687. The third kappa shape index (κ3) is 3.16. The number of hydrogen-bond acceptors (Lipinski definition) is 3. The lowest BCUT2D eigenvalue weighted by atomic mass is 9.80. The lowest BCUT2D eigenvalue weighted by Gasteiger charge is -2.21. The Kier molecular flexibility index (Phi) is 5.26. The number of Topliss-reactive ketones (excluding diaryl/α,β-unsaturated/α-hetero) is 1. The van der Waals surface area contributed by atoms with Crippen molar-refractivity contribution in [3.63, 3.8) is 0 Å². The Bertz CT molecular complexity index is 632. The normalized spacial score (nSPS) is 19.9. The number of furan rings is 1. The van der Waals surface area contributed by atoms with E-state index in [0.29, 0.717) is 11.7 Å². The number of hydrogen-bond donors (Lipinski definition) is 0. The summed E-state index contributed by atoms with van der Waals surface area (Å²) >= 11 is 0. The molecule has 2 rings (SSSR count). The van der Waals surface area contributed by atoms with Crippen LogP contribution in [0.2, 0.25) is 0 Å². The summed E-state index contributed by atoms with van der Waals surface area (Å²) in [6, 6.07) is 1.68. The summed E-state index contributed by atoms with van der Waals surface area (Å²) in [7, 11) is 0. The molecule has 0 fully saturated rings. The quantitative estimate of drug-likeness (QED) is 0.796. The van der Waals surface area contributed by atoms with Crippen LogP contribution in [0.3, 0.4) is 0 Å². The van der Waals surface area contributed by atoms with Gasteiger partial charge >= 0.3 is 0 Å². The molecule has 0 bridgehead atoms. The van der Waals surface area contributed by atoms with Crippen molar-refractivity contribution in [1.82, 2.24) is 0 Å². The molecule has 1 atom stereocenters. The molecule has 0 amide bonds. The molecule has 1 heterocycles. The van der Waals surface area contributed by atoms with Gasteiger partial charge in [-0.2, -0.15) is 0 Å². The van der Waals surface area contributed by atoms with Crippen molar-refractivity contribution in [2.24, 2.45) is 11.3 Å². The lowest BCUT2D eigenvalue weighted by molar-refractivity contribution is -0.126. The molecule has 20 heavy (non-hydrogen) atoms. The SMILES string of the molecule is CC.CC(C)C(=O)C1(C)C=CC=c2cc(C=O)oc2=C1. The van der Waals surface area contributed by atoms with Gasteiger partial charge in [-0.3, -0.25) is 9.59 Å². The summed E-state index contributed by atoms with van der Waals surface area (Å²) in [4.78, 5) is 23.0. The lowest BCUT2D eigenvalue weighted by Crippen LogP contribution is -2.31. The van der Waals surface area contributed by atoms with Crippen LogP contribution in [0.4, 0.5) is 0 Å². The molecule has 0 saturated carbocycles. The molecule has 1 aliphatic rings. The van der Waals surface area contributed by atoms with Crippen LogP contribution in [-0.2, 0) is 4.79 Å². The molecular formula is C17H22O3. The van der Waals surface area contributed by atoms with Crippen LogP contribution in [0.15, 0.2) is 22.6 Å². The molecule has 0 N–H and O–H groups in total. The van der Waals surface area contributed by atoms with Crippen LogP contribution in [-0.4, -0.2) is 12.1 Å². The fraction of sp³-hybridized carbons (Fsp3) is 0.412. The average Bonchev–Trinajstić information content (AvgIpc) is 2.74. The summed E-state index contributed by atoms with van der Waals surface area (Å²) in [6.45, 7) is 9.62. The number of carbonyl (C=O) groups is 2. The average molecular weight is 274 g/mol. The largest absolute Gasteiger partial charge is 0.454 e. The first-order chi connectivity index (χ1) is 9.46. The fourth-order valence-electron chi connectivity index (χ4n) is 2.19. The maximum absolute atomic E-state index is 12.3. The number of rotatable bonds is 3. The van der Waals surface area contributed by atoms with Gasteiger partial charge < -0.3 is 4.42 Å². The first kappa shape index (κ1) is 16.2. The molecule has 0 spiro atoms. The predicted molar refractivity (Wildman–Crippen MR) is 80.7 cm³/mol. The van der Waals surface area contributed by atoms with Crippen molar-refractivity contribution < 1.29 is 14.0 Å². The molecule has 0 saturated heterocycles. The summed E-state index contributed by atoms with van der Waals surface area (Å²) in [5.41, 5.74) is -0.105. The fourth-order valence-corrected chi connectivity index (χ4v) is 2.19. The van der Waals surface area contributed by atoms with E-state index in [4.69, 9.17) is 4.42 Å². The standard InChI is InChI=1S/C15H16O3.C2H6/c1-10(2)14(17)15(3)6-4-5-11-7-12(9-16)18-13(11)8-15;1-2/h4-10H,1-3H3;1-2H3. The molecule has 3 nitrogen and oxygen atoms in total. The second-order valence-electron chi connectivity index (χ2n) is 5.06. The van der Waals surface area contributed by atoms with Crippen LogP contribution in [0.5, 0.6) is 0 Å². The van der Waals surface area contributed by atoms with Gasteiger partial charge in [-0.1, -0.05) is 45.9 Å². The molecule has 3 heteroatoms. The number of ketones is 1. The Hall–Kier alpha value is -1.90. The van der Waals surface area contributed by atoms with E-state index in [1.807, 2.05) is 52.8 Å². The molecule has 0 aromatic carbocycles. The van der Waals surface area contributed by atoms with Crippen molar-refractivity contribution in [1.29, 1.82) is 0 Å². The van der Waals surface area contributed by atoms with Crippen molar-refractivity contribution >= 4 is 24.2 Å². The van der Waals surface area contributed by atoms with Gasteiger partial charge in [-0.25, -0.2) is 0 Å². The Morgan fingerprint density at radius 3 is 2.55 bits per heavy atom. The van der Waals surface area contributed by atoms with Crippen LogP contribution >= 0.6 is 0 Å². The number of allylic oxidation sites excluding steroid dienone is 2. The molecule has 1 aromatic rings. The highest BCUT2D eigenvalue weighted by Crippen LogP contribution is 2.26. The maximum atomic E-state index is 12.3. The van der Waals surface area contributed by atoms with Crippen LogP contribution < -0.4 is 10.6 Å². The van der Waals surface area contributed by atoms with E-state index in [1.54, 1.807) is 12.1 Å². The zero-order valence-corrected chi connectivity index (χ0v) is 12.8. The van der Waals surface area contributed by atoms with Gasteiger partial charge in [0.05, 0.1) is 5.41 Å². The first-order valence-corrected chi connectivity index (χ1v) is 6.98. The minimum absolute atomic E-state index is 0.0575. The van der Waals surface area contributed by atoms with E-state index in [1.165, 1.54) is 0 Å². The number of carbonyl (C=O) groups excluding carboxylic acids is 2. The van der Waals surface area contributed by atoms with E-state index in [-0.39, 0.29) is 17.5 Å². The Labute approximate surface area is 119 Å². The molecule has 0 aliphatic heterocycles. The van der Waals surface area contributed by atoms with E-state index < -0.39 is 5.41 Å². The van der Waals surface area contributed by atoms with Gasteiger partial charge in [0.2, 0.25) is 0 Å². The third-order valence-corrected chi connectivity index (χ3v) is 3.13. The number of aldehydes is 1. The van der Waals surface area contributed by atoms with Crippen molar-refractivity contribution in [3.8, 4) is 0 Å². The molecule has 1 unspecified atom stereocenters. The molecule has 0 radical (unpaired) electrons. The molecule has 1 aliphatic carbocycles. The molecule has 1 aromatic heterocycles. The van der Waals surface area contributed by atoms with E-state index in [0.717, 1.165) is 5.22 Å². The topological polar surface area (TPSA) is 47.3 Å². The van der Waals surface area contributed by atoms with E-state index >= 15 is 0 Å². The first-order valence-electron chi connectivity index (χ1n) is 6.98. The van der Waals surface area contributed by atoms with Gasteiger partial charge in [0, 0.05) is 11.1 Å². The smallest absolute Gasteiger partial charge is 0.185 e. The Morgan fingerprint density at radius 1 is 1.35 bits per heavy atom. The van der Waals surface area contributed by atoms with Gasteiger partial charge in [-0.15, -0.1) is 0 Å². The van der Waals surface area contributed by atoms with Crippen molar-refractivity contribution in [3.05, 3.63) is 34.6 Å². The van der Waals surface area contributed by atoms with E-state index in [2.05, 4.69) is 0 Å². The van der Waals surface area contributed by atoms with Gasteiger partial charge in [-0.05, 0) is 19.1 Å². The summed E-state index contributed by atoms with van der Waals surface area (Å²) < 4.78 is 5.41. The highest BCUT2D eigenvalue weighted by atomic mass is 16.3. The zero-order valence-electron chi connectivity index (χ0n) is 12.8. The van der Waals surface area contributed by atoms with Gasteiger partial charge in [0.1, 0.15) is 11.2 Å². The second kappa shape index (κ2) is 6.51. The minimum Gasteiger partial charge on any atom is -0.454 e. The van der Waals surface area contributed by atoms with Crippen molar-refractivity contribution in [2.45, 2.75) is 34.6 Å². The second-order valence-corrected chi connectivity index (χ2v) is 5.06. The predicted octanol–water partition coefficient (Wildman–Crippen LogP) is 2.48. The van der Waals surface area contributed by atoms with Gasteiger partial charge in [0.15, 0.2) is 12.0 Å². The van der Waals surface area contributed by atoms with E-state index in [9.17, 15) is 9.59 Å². The zero-order chi connectivity index (χ0) is 15.3. The van der Waals surface area contributed by atoms with Crippen LogP contribution in [0.1, 0.15) is 45.2 Å². The Morgan fingerprint density at radius 2 is 2.00 bits per heavy atom. The third-order valence-electron chi connectivity index (χ3n) is 3.13. The van der Waals surface area contributed by atoms with Crippen LogP contribution in [0.25, 0.3) is 12.2 Å². The summed E-state index contributed by atoms with van der Waals surface area (Å²) in [6.07, 6.45) is 8.01. The maximum Gasteiger partial charge on any atom is 0.185 e. The van der Waals surface area contributed by atoms with Gasteiger partial charge in [0.25, 0.3) is 0 Å². The highest BCUT2D eigenvalue weighted by molar-refractivity contribution is 5.94. The van der Waals surface area contributed by atoms with Crippen molar-refractivity contribution in [2.75, 3.05) is 0 Å². The summed E-state index contributed by atoms with van der Waals surface area (Å²) in [5.74, 6) is 0.351. The summed E-state index contributed by atoms with van der Waals surface area (Å²) in [5, 5.41) is 0.827. The Balaban J connectivity index is 0.000000956. The monoisotopic (exact) mass is 274 g/mol. The van der Waals surface area contributed by atoms with Crippen LogP contribution in [0, 0.1) is 11.3 Å².